The van der Waals surface area contributed by atoms with E-state index in [1.54, 1.807) is 12.1 Å². The number of benzene rings is 3. The fourth-order valence-corrected chi connectivity index (χ4v) is 3.95. The molecule has 2 amide bonds. The summed E-state index contributed by atoms with van der Waals surface area (Å²) in [5.41, 5.74) is 5.92. The SMILES string of the molecule is COC(=O)N[C@H]1Cc2ccc(NC(=O)c3cc(C)ccc3-c3ccc(F)cc3)cc2C1. The molecule has 0 heterocycles. The van der Waals surface area contributed by atoms with Crippen molar-refractivity contribution in [3.8, 4) is 11.1 Å². The predicted molar refractivity (Wildman–Crippen MR) is 118 cm³/mol. The lowest BCUT2D eigenvalue weighted by Gasteiger charge is -2.12. The number of methoxy groups -OCH3 is 1. The molecular formula is C25H23FN2O3. The van der Waals surface area contributed by atoms with Gasteiger partial charge in [0, 0.05) is 17.3 Å². The number of fused-ring (bicyclic) bond motifs is 1. The predicted octanol–water partition coefficient (Wildman–Crippen LogP) is 4.88. The van der Waals surface area contributed by atoms with E-state index in [1.165, 1.54) is 19.2 Å². The van der Waals surface area contributed by atoms with E-state index in [0.717, 1.165) is 34.2 Å². The molecule has 1 atom stereocenters. The van der Waals surface area contributed by atoms with Gasteiger partial charge in [0.05, 0.1) is 7.11 Å². The molecule has 0 spiro atoms. The van der Waals surface area contributed by atoms with E-state index >= 15 is 0 Å². The summed E-state index contributed by atoms with van der Waals surface area (Å²) in [5, 5.41) is 5.80. The number of amides is 2. The van der Waals surface area contributed by atoms with Gasteiger partial charge in [0.1, 0.15) is 5.82 Å². The minimum Gasteiger partial charge on any atom is -0.453 e. The van der Waals surface area contributed by atoms with E-state index in [0.29, 0.717) is 17.7 Å². The van der Waals surface area contributed by atoms with Crippen LogP contribution in [-0.4, -0.2) is 25.2 Å². The number of rotatable bonds is 4. The number of nitrogens with one attached hydrogen (secondary N) is 2. The van der Waals surface area contributed by atoms with Gasteiger partial charge in [-0.05, 0) is 72.4 Å². The van der Waals surface area contributed by atoms with E-state index in [1.807, 2.05) is 43.3 Å². The summed E-state index contributed by atoms with van der Waals surface area (Å²) in [7, 11) is 1.34. The highest BCUT2D eigenvalue weighted by Crippen LogP contribution is 2.28. The fourth-order valence-electron chi connectivity index (χ4n) is 3.95. The van der Waals surface area contributed by atoms with Crippen molar-refractivity contribution in [2.24, 2.45) is 0 Å². The van der Waals surface area contributed by atoms with Crippen LogP contribution in [0.25, 0.3) is 11.1 Å². The maximum absolute atomic E-state index is 13.3. The van der Waals surface area contributed by atoms with Crippen molar-refractivity contribution in [1.82, 2.24) is 5.32 Å². The van der Waals surface area contributed by atoms with Crippen LogP contribution in [0, 0.1) is 12.7 Å². The van der Waals surface area contributed by atoms with Crippen molar-refractivity contribution in [1.29, 1.82) is 0 Å². The second-order valence-corrected chi connectivity index (χ2v) is 7.73. The van der Waals surface area contributed by atoms with Gasteiger partial charge in [-0.2, -0.15) is 0 Å². The van der Waals surface area contributed by atoms with E-state index in [9.17, 15) is 14.0 Å². The summed E-state index contributed by atoms with van der Waals surface area (Å²) in [6.07, 6.45) is 0.962. The van der Waals surface area contributed by atoms with Crippen molar-refractivity contribution in [3.63, 3.8) is 0 Å². The van der Waals surface area contributed by atoms with Gasteiger partial charge in [0.15, 0.2) is 0 Å². The Morgan fingerprint density at radius 3 is 2.45 bits per heavy atom. The number of anilines is 1. The standard InChI is InChI=1S/C25H23FN2O3/c1-15-3-10-22(16-4-7-19(26)8-5-16)23(11-15)24(29)27-20-9-6-17-12-21(14-18(17)13-20)28-25(30)31-2/h3-11,13,21H,12,14H2,1-2H3,(H,27,29)(H,28,30)/t21-/m0/s1. The Labute approximate surface area is 180 Å². The van der Waals surface area contributed by atoms with Crippen LogP contribution in [0.2, 0.25) is 0 Å². The first-order valence-electron chi connectivity index (χ1n) is 10.1. The smallest absolute Gasteiger partial charge is 0.407 e. The van der Waals surface area contributed by atoms with E-state index in [-0.39, 0.29) is 17.8 Å². The van der Waals surface area contributed by atoms with Gasteiger partial charge in [-0.25, -0.2) is 9.18 Å². The molecular weight excluding hydrogens is 395 g/mol. The third kappa shape index (κ3) is 4.58. The Balaban J connectivity index is 1.55. The molecule has 1 aliphatic rings. The van der Waals surface area contributed by atoms with E-state index in [2.05, 4.69) is 15.4 Å². The summed E-state index contributed by atoms with van der Waals surface area (Å²) in [6, 6.07) is 17.5. The zero-order valence-electron chi connectivity index (χ0n) is 17.4. The van der Waals surface area contributed by atoms with Crippen molar-refractivity contribution >= 4 is 17.7 Å². The second kappa shape index (κ2) is 8.60. The van der Waals surface area contributed by atoms with Gasteiger partial charge < -0.3 is 15.4 Å². The average Bonchev–Trinajstić information content (AvgIpc) is 3.15. The lowest BCUT2D eigenvalue weighted by atomic mass is 9.97. The van der Waals surface area contributed by atoms with Crippen LogP contribution in [0.15, 0.2) is 60.7 Å². The molecule has 0 unspecified atom stereocenters. The summed E-state index contributed by atoms with van der Waals surface area (Å²) >= 11 is 0. The Morgan fingerprint density at radius 2 is 1.71 bits per heavy atom. The normalized spacial score (nSPS) is 14.6. The first-order valence-corrected chi connectivity index (χ1v) is 10.1. The zero-order valence-corrected chi connectivity index (χ0v) is 17.4. The molecule has 3 aromatic rings. The van der Waals surface area contributed by atoms with E-state index < -0.39 is 6.09 Å². The number of carbonyl (C=O) groups is 2. The molecule has 0 bridgehead atoms. The largest absolute Gasteiger partial charge is 0.453 e. The highest BCUT2D eigenvalue weighted by Gasteiger charge is 2.24. The highest BCUT2D eigenvalue weighted by atomic mass is 19.1. The molecule has 0 radical (unpaired) electrons. The maximum Gasteiger partial charge on any atom is 0.407 e. The molecule has 0 saturated carbocycles. The number of aryl methyl sites for hydroxylation is 1. The Bertz CT molecular complexity index is 1140. The van der Waals surface area contributed by atoms with Crippen LogP contribution in [0.1, 0.15) is 27.0 Å². The Morgan fingerprint density at radius 1 is 0.968 bits per heavy atom. The molecule has 0 fully saturated rings. The third-order valence-corrected chi connectivity index (χ3v) is 5.48. The first-order chi connectivity index (χ1) is 14.9. The molecule has 5 nitrogen and oxygen atoms in total. The second-order valence-electron chi connectivity index (χ2n) is 7.73. The lowest BCUT2D eigenvalue weighted by Crippen LogP contribution is -2.35. The third-order valence-electron chi connectivity index (χ3n) is 5.48. The topological polar surface area (TPSA) is 67.4 Å². The van der Waals surface area contributed by atoms with Gasteiger partial charge in [0.25, 0.3) is 5.91 Å². The van der Waals surface area contributed by atoms with Crippen LogP contribution in [0.3, 0.4) is 0 Å². The molecule has 3 aromatic carbocycles. The molecule has 2 N–H and O–H groups in total. The summed E-state index contributed by atoms with van der Waals surface area (Å²) in [6.45, 7) is 1.93. The Hall–Kier alpha value is -3.67. The van der Waals surface area contributed by atoms with Gasteiger partial charge in [-0.1, -0.05) is 35.9 Å². The minimum absolute atomic E-state index is 0.0183. The fraction of sp³-hybridized carbons (Fsp3) is 0.200. The number of halogens is 1. The highest BCUT2D eigenvalue weighted by molar-refractivity contribution is 6.09. The van der Waals surface area contributed by atoms with Gasteiger partial charge in [-0.3, -0.25) is 4.79 Å². The van der Waals surface area contributed by atoms with Gasteiger partial charge in [-0.15, -0.1) is 0 Å². The number of ether oxygens (including phenoxy) is 1. The first kappa shape index (κ1) is 20.6. The van der Waals surface area contributed by atoms with Crippen molar-refractivity contribution in [2.75, 3.05) is 12.4 Å². The van der Waals surface area contributed by atoms with Crippen molar-refractivity contribution in [2.45, 2.75) is 25.8 Å². The molecule has 6 heteroatoms. The van der Waals surface area contributed by atoms with Crippen LogP contribution >= 0.6 is 0 Å². The molecule has 1 aliphatic carbocycles. The Kier molecular flexibility index (Phi) is 5.71. The summed E-state index contributed by atoms with van der Waals surface area (Å²) in [5.74, 6) is -0.551. The van der Waals surface area contributed by atoms with Crippen LogP contribution in [0.4, 0.5) is 14.9 Å². The zero-order chi connectivity index (χ0) is 22.0. The van der Waals surface area contributed by atoms with Crippen molar-refractivity contribution in [3.05, 3.63) is 88.7 Å². The molecule has 4 rings (SSSR count). The van der Waals surface area contributed by atoms with Crippen molar-refractivity contribution < 1.29 is 18.7 Å². The molecule has 0 aliphatic heterocycles. The molecule has 31 heavy (non-hydrogen) atoms. The number of carbonyl (C=O) groups excluding carboxylic acids is 2. The van der Waals surface area contributed by atoms with Gasteiger partial charge >= 0.3 is 6.09 Å². The molecule has 158 valence electrons. The number of alkyl carbamates (subject to hydrolysis) is 1. The lowest BCUT2D eigenvalue weighted by molar-refractivity contribution is 0.102. The number of hydrogen-bond donors (Lipinski definition) is 2. The monoisotopic (exact) mass is 418 g/mol. The van der Waals surface area contributed by atoms with Crippen LogP contribution < -0.4 is 10.6 Å². The summed E-state index contributed by atoms with van der Waals surface area (Å²) < 4.78 is 18.0. The molecule has 0 aromatic heterocycles. The van der Waals surface area contributed by atoms with Crippen LogP contribution in [0.5, 0.6) is 0 Å². The van der Waals surface area contributed by atoms with Gasteiger partial charge in [0.2, 0.25) is 0 Å². The van der Waals surface area contributed by atoms with E-state index in [4.69, 9.17) is 0 Å². The minimum atomic E-state index is -0.445. The quantitative estimate of drug-likeness (QED) is 0.635. The summed E-state index contributed by atoms with van der Waals surface area (Å²) in [4.78, 5) is 24.6. The van der Waals surface area contributed by atoms with Crippen LogP contribution in [-0.2, 0) is 17.6 Å². The average molecular weight is 418 g/mol. The molecule has 0 saturated heterocycles. The number of hydrogen-bond acceptors (Lipinski definition) is 3. The maximum atomic E-state index is 13.3.